The van der Waals surface area contributed by atoms with E-state index in [2.05, 4.69) is 33.8 Å². The number of alkyl halides is 3. The fourth-order valence-electron chi connectivity index (χ4n) is 2.60. The van der Waals surface area contributed by atoms with E-state index in [1.54, 1.807) is 0 Å². The van der Waals surface area contributed by atoms with Crippen molar-refractivity contribution in [3.63, 3.8) is 0 Å². The summed E-state index contributed by atoms with van der Waals surface area (Å²) in [6.07, 6.45) is -3.43. The molecule has 1 unspecified atom stereocenters. The lowest BCUT2D eigenvalue weighted by Gasteiger charge is -2.20. The summed E-state index contributed by atoms with van der Waals surface area (Å²) in [6.45, 7) is 5.31. The molecule has 2 heterocycles. The largest absolute Gasteiger partial charge is 0.468 e. The van der Waals surface area contributed by atoms with Crippen LogP contribution in [-0.4, -0.2) is 54.3 Å². The van der Waals surface area contributed by atoms with Gasteiger partial charge in [-0.2, -0.15) is 13.2 Å². The Kier molecular flexibility index (Phi) is 6.04. The van der Waals surface area contributed by atoms with Crippen LogP contribution in [0.1, 0.15) is 30.8 Å². The molecule has 2 rings (SSSR count). The minimum Gasteiger partial charge on any atom is -0.468 e. The van der Waals surface area contributed by atoms with Crippen LogP contribution in [0.25, 0.3) is 0 Å². The van der Waals surface area contributed by atoms with Gasteiger partial charge in [-0.05, 0) is 38.8 Å². The molecule has 1 aromatic rings. The lowest BCUT2D eigenvalue weighted by Crippen LogP contribution is -2.33. The molecule has 0 bridgehead atoms. The Morgan fingerprint density at radius 3 is 2.83 bits per heavy atom. The molecule has 1 aromatic heterocycles. The maximum atomic E-state index is 12.1. The summed E-state index contributed by atoms with van der Waals surface area (Å²) < 4.78 is 41.0. The number of carbonyl (C=O) groups is 1. The molecular weight excluding hydrogens is 323 g/mol. The molecule has 0 spiro atoms. The minimum absolute atomic E-state index is 0.0494. The molecule has 1 aliphatic heterocycles. The maximum absolute atomic E-state index is 12.1. The third-order valence-electron chi connectivity index (χ3n) is 3.94. The average molecular weight is 345 g/mol. The molecule has 1 atom stereocenters. The van der Waals surface area contributed by atoms with Gasteiger partial charge >= 0.3 is 6.18 Å². The summed E-state index contributed by atoms with van der Waals surface area (Å²) in [5, 5.41) is 2.79. The highest BCUT2D eigenvalue weighted by Crippen LogP contribution is 2.18. The SMILES string of the molecule is CC(C)N1CCC(CNC(=O)c2cccc(OCC(F)(F)F)n2)C1. The Labute approximate surface area is 139 Å². The number of likely N-dealkylation sites (tertiary alicyclic amines) is 1. The van der Waals surface area contributed by atoms with Gasteiger partial charge in [0.15, 0.2) is 6.61 Å². The van der Waals surface area contributed by atoms with Gasteiger partial charge < -0.3 is 15.0 Å². The summed E-state index contributed by atoms with van der Waals surface area (Å²) >= 11 is 0. The second kappa shape index (κ2) is 7.83. The molecule has 1 saturated heterocycles. The first-order chi connectivity index (χ1) is 11.2. The van der Waals surface area contributed by atoms with Crippen LogP contribution in [-0.2, 0) is 0 Å². The standard InChI is InChI=1S/C16H22F3N3O2/c1-11(2)22-7-6-12(9-22)8-20-15(23)13-4-3-5-14(21-13)24-10-16(17,18)19/h3-5,11-12H,6-10H2,1-2H3,(H,20,23). The van der Waals surface area contributed by atoms with E-state index >= 15 is 0 Å². The third-order valence-corrected chi connectivity index (χ3v) is 3.94. The zero-order chi connectivity index (χ0) is 17.7. The summed E-state index contributed by atoms with van der Waals surface area (Å²) in [4.78, 5) is 18.3. The van der Waals surface area contributed by atoms with E-state index in [9.17, 15) is 18.0 Å². The fourth-order valence-corrected chi connectivity index (χ4v) is 2.60. The van der Waals surface area contributed by atoms with Crippen LogP contribution in [0.2, 0.25) is 0 Å². The van der Waals surface area contributed by atoms with Gasteiger partial charge in [0.05, 0.1) is 0 Å². The van der Waals surface area contributed by atoms with E-state index in [1.165, 1.54) is 18.2 Å². The number of pyridine rings is 1. The van der Waals surface area contributed by atoms with Crippen molar-refractivity contribution in [2.75, 3.05) is 26.2 Å². The quantitative estimate of drug-likeness (QED) is 0.861. The van der Waals surface area contributed by atoms with E-state index in [0.29, 0.717) is 18.5 Å². The van der Waals surface area contributed by atoms with Crippen molar-refractivity contribution < 1.29 is 22.7 Å². The number of aromatic nitrogens is 1. The minimum atomic E-state index is -4.44. The predicted molar refractivity (Wildman–Crippen MR) is 82.9 cm³/mol. The topological polar surface area (TPSA) is 54.5 Å². The summed E-state index contributed by atoms with van der Waals surface area (Å²) in [6, 6.07) is 4.67. The normalized spacial score (nSPS) is 18.8. The second-order valence-electron chi connectivity index (χ2n) is 6.22. The van der Waals surface area contributed by atoms with E-state index in [4.69, 9.17) is 0 Å². The Morgan fingerprint density at radius 2 is 2.21 bits per heavy atom. The first-order valence-electron chi connectivity index (χ1n) is 7.93. The second-order valence-corrected chi connectivity index (χ2v) is 6.22. The number of nitrogens with one attached hydrogen (secondary N) is 1. The zero-order valence-electron chi connectivity index (χ0n) is 13.8. The molecule has 0 aromatic carbocycles. The van der Waals surface area contributed by atoms with Crippen LogP contribution < -0.4 is 10.1 Å². The molecule has 1 aliphatic rings. The van der Waals surface area contributed by atoms with E-state index in [-0.39, 0.29) is 11.6 Å². The predicted octanol–water partition coefficient (Wildman–Crippen LogP) is 2.48. The Morgan fingerprint density at radius 1 is 1.46 bits per heavy atom. The van der Waals surface area contributed by atoms with Gasteiger partial charge in [-0.3, -0.25) is 4.79 Å². The summed E-state index contributed by atoms with van der Waals surface area (Å²) in [5.41, 5.74) is 0.0494. The maximum Gasteiger partial charge on any atom is 0.422 e. The van der Waals surface area contributed by atoms with Gasteiger partial charge in [-0.15, -0.1) is 0 Å². The van der Waals surface area contributed by atoms with Crippen LogP contribution in [0.5, 0.6) is 5.88 Å². The van der Waals surface area contributed by atoms with Crippen molar-refractivity contribution in [1.29, 1.82) is 0 Å². The molecule has 1 fully saturated rings. The summed E-state index contributed by atoms with van der Waals surface area (Å²) in [7, 11) is 0. The van der Waals surface area contributed by atoms with Crippen molar-refractivity contribution in [1.82, 2.24) is 15.2 Å². The van der Waals surface area contributed by atoms with E-state index in [1.807, 2.05) is 0 Å². The van der Waals surface area contributed by atoms with Gasteiger partial charge in [0.25, 0.3) is 5.91 Å². The lowest BCUT2D eigenvalue weighted by atomic mass is 10.1. The molecule has 0 aliphatic carbocycles. The Balaban J connectivity index is 1.84. The highest BCUT2D eigenvalue weighted by atomic mass is 19.4. The first kappa shape index (κ1) is 18.5. The molecule has 5 nitrogen and oxygen atoms in total. The fraction of sp³-hybridized carbons (Fsp3) is 0.625. The molecule has 1 amide bonds. The first-order valence-corrected chi connectivity index (χ1v) is 7.93. The number of hydrogen-bond donors (Lipinski definition) is 1. The summed E-state index contributed by atoms with van der Waals surface area (Å²) in [5.74, 6) is -0.247. The number of hydrogen-bond acceptors (Lipinski definition) is 4. The number of ether oxygens (including phenoxy) is 1. The molecule has 24 heavy (non-hydrogen) atoms. The molecular formula is C16H22F3N3O2. The zero-order valence-corrected chi connectivity index (χ0v) is 13.8. The molecule has 0 saturated carbocycles. The molecule has 8 heteroatoms. The Bertz CT molecular complexity index is 564. The monoisotopic (exact) mass is 345 g/mol. The van der Waals surface area contributed by atoms with Crippen LogP contribution in [0.15, 0.2) is 18.2 Å². The van der Waals surface area contributed by atoms with Crippen LogP contribution >= 0.6 is 0 Å². The van der Waals surface area contributed by atoms with Gasteiger partial charge in [0, 0.05) is 25.2 Å². The van der Waals surface area contributed by atoms with E-state index in [0.717, 1.165) is 19.5 Å². The Hall–Kier alpha value is -1.83. The van der Waals surface area contributed by atoms with Crippen molar-refractivity contribution >= 4 is 5.91 Å². The van der Waals surface area contributed by atoms with Gasteiger partial charge in [-0.25, -0.2) is 4.98 Å². The molecule has 0 radical (unpaired) electrons. The van der Waals surface area contributed by atoms with Crippen molar-refractivity contribution in [3.8, 4) is 5.88 Å². The number of amides is 1. The number of rotatable bonds is 6. The van der Waals surface area contributed by atoms with Crippen molar-refractivity contribution in [2.45, 2.75) is 32.5 Å². The number of carbonyl (C=O) groups excluding carboxylic acids is 1. The lowest BCUT2D eigenvalue weighted by molar-refractivity contribution is -0.154. The van der Waals surface area contributed by atoms with Crippen LogP contribution in [0.3, 0.4) is 0 Å². The number of nitrogens with zero attached hydrogens (tertiary/aromatic N) is 2. The van der Waals surface area contributed by atoms with Gasteiger partial charge in [0.1, 0.15) is 5.69 Å². The van der Waals surface area contributed by atoms with Crippen molar-refractivity contribution in [2.24, 2.45) is 5.92 Å². The third kappa shape index (κ3) is 5.67. The average Bonchev–Trinajstić information content (AvgIpc) is 2.99. The highest BCUT2D eigenvalue weighted by Gasteiger charge is 2.29. The van der Waals surface area contributed by atoms with Gasteiger partial charge in [-0.1, -0.05) is 6.07 Å². The van der Waals surface area contributed by atoms with E-state index < -0.39 is 18.7 Å². The molecule has 1 N–H and O–H groups in total. The number of halogens is 3. The smallest absolute Gasteiger partial charge is 0.422 e. The molecule has 134 valence electrons. The highest BCUT2D eigenvalue weighted by molar-refractivity contribution is 5.92. The van der Waals surface area contributed by atoms with Crippen molar-refractivity contribution in [3.05, 3.63) is 23.9 Å². The van der Waals surface area contributed by atoms with Crippen LogP contribution in [0, 0.1) is 5.92 Å². The van der Waals surface area contributed by atoms with Crippen LogP contribution in [0.4, 0.5) is 13.2 Å². The van der Waals surface area contributed by atoms with Gasteiger partial charge in [0.2, 0.25) is 5.88 Å².